The van der Waals surface area contributed by atoms with Crippen molar-refractivity contribution in [1.82, 2.24) is 19.8 Å². The van der Waals surface area contributed by atoms with Gasteiger partial charge in [0.2, 0.25) is 0 Å². The van der Waals surface area contributed by atoms with Crippen molar-refractivity contribution in [2.75, 3.05) is 5.32 Å². The number of carbonyl (C=O) groups is 1. The number of H-pyrrole nitrogens is 1. The number of rotatable bonds is 2. The first kappa shape index (κ1) is 14.1. The number of benzene rings is 2. The molecule has 0 aliphatic heterocycles. The minimum absolute atomic E-state index is 0.00235. The minimum atomic E-state index is -0.573. The zero-order chi connectivity index (χ0) is 16.7. The van der Waals surface area contributed by atoms with Crippen molar-refractivity contribution < 1.29 is 9.18 Å². The molecular weight excluding hydrogens is 313 g/mol. The van der Waals surface area contributed by atoms with Gasteiger partial charge in [-0.3, -0.25) is 9.59 Å². The largest absolute Gasteiger partial charge is 0.321 e. The number of anilines is 1. The van der Waals surface area contributed by atoms with Gasteiger partial charge in [-0.15, -0.1) is 5.10 Å². The Morgan fingerprint density at radius 3 is 2.75 bits per heavy atom. The summed E-state index contributed by atoms with van der Waals surface area (Å²) in [7, 11) is 0. The Bertz CT molecular complexity index is 1130. The molecule has 0 saturated heterocycles. The Morgan fingerprint density at radius 1 is 1.17 bits per heavy atom. The number of amides is 1. The van der Waals surface area contributed by atoms with Gasteiger partial charge in [0, 0.05) is 5.69 Å². The lowest BCUT2D eigenvalue weighted by Gasteiger charge is -2.03. The predicted octanol–water partition coefficient (Wildman–Crippen LogP) is 1.96. The Labute approximate surface area is 133 Å². The van der Waals surface area contributed by atoms with Crippen LogP contribution in [0.15, 0.2) is 53.3 Å². The first-order valence-corrected chi connectivity index (χ1v) is 7.07. The van der Waals surface area contributed by atoms with Crippen LogP contribution >= 0.6 is 0 Å². The van der Waals surface area contributed by atoms with Crippen LogP contribution in [0.5, 0.6) is 0 Å². The Morgan fingerprint density at radius 2 is 1.96 bits per heavy atom. The van der Waals surface area contributed by atoms with Crippen LogP contribution in [0.4, 0.5) is 10.1 Å². The Kier molecular flexibility index (Phi) is 3.09. The maximum absolute atomic E-state index is 13.3. The molecule has 2 N–H and O–H groups in total. The smallest absolute Gasteiger partial charge is 0.278 e. The van der Waals surface area contributed by atoms with E-state index >= 15 is 0 Å². The summed E-state index contributed by atoms with van der Waals surface area (Å²) in [5.41, 5.74) is 0.609. The second-order valence-electron chi connectivity index (χ2n) is 5.13. The first-order valence-electron chi connectivity index (χ1n) is 7.07. The maximum atomic E-state index is 13.3. The number of nitrogens with zero attached hydrogens (tertiary/aromatic N) is 3. The molecule has 0 fully saturated rings. The van der Waals surface area contributed by atoms with E-state index in [1.807, 2.05) is 6.07 Å². The van der Waals surface area contributed by atoms with Crippen LogP contribution in [-0.2, 0) is 0 Å². The number of aromatic nitrogens is 4. The van der Waals surface area contributed by atoms with Crippen LogP contribution in [0.2, 0.25) is 0 Å². The summed E-state index contributed by atoms with van der Waals surface area (Å²) < 4.78 is 14.5. The Hall–Kier alpha value is -3.55. The zero-order valence-corrected chi connectivity index (χ0v) is 12.2. The van der Waals surface area contributed by atoms with Crippen LogP contribution in [0.3, 0.4) is 0 Å². The van der Waals surface area contributed by atoms with Crippen LogP contribution in [0.1, 0.15) is 10.5 Å². The quantitative estimate of drug-likeness (QED) is 0.590. The molecule has 2 heterocycles. The van der Waals surface area contributed by atoms with E-state index < -0.39 is 17.3 Å². The van der Waals surface area contributed by atoms with Crippen LogP contribution in [-0.4, -0.2) is 25.7 Å². The second kappa shape index (κ2) is 5.27. The monoisotopic (exact) mass is 323 g/mol. The summed E-state index contributed by atoms with van der Waals surface area (Å²) in [6.07, 6.45) is 0. The molecule has 0 saturated carbocycles. The highest BCUT2D eigenvalue weighted by Gasteiger charge is 2.19. The lowest BCUT2D eigenvalue weighted by molar-refractivity contribution is 0.102. The van der Waals surface area contributed by atoms with Gasteiger partial charge in [-0.1, -0.05) is 23.4 Å². The molecule has 0 unspecified atom stereocenters. The molecule has 4 aromatic rings. The molecule has 8 heteroatoms. The normalized spacial score (nSPS) is 11.0. The highest BCUT2D eigenvalue weighted by molar-refractivity contribution is 6.07. The molecule has 0 aliphatic carbocycles. The van der Waals surface area contributed by atoms with Crippen LogP contribution in [0, 0.1) is 5.82 Å². The summed E-state index contributed by atoms with van der Waals surface area (Å²) >= 11 is 0. The van der Waals surface area contributed by atoms with Gasteiger partial charge in [-0.2, -0.15) is 0 Å². The molecular formula is C16H10FN5O2. The van der Waals surface area contributed by atoms with Crippen molar-refractivity contribution in [2.24, 2.45) is 0 Å². The molecule has 0 aliphatic rings. The molecule has 24 heavy (non-hydrogen) atoms. The number of carbonyl (C=O) groups excluding carboxylic acids is 1. The van der Waals surface area contributed by atoms with Crippen molar-refractivity contribution in [1.29, 1.82) is 0 Å². The highest BCUT2D eigenvalue weighted by Crippen LogP contribution is 2.15. The van der Waals surface area contributed by atoms with Gasteiger partial charge in [0.05, 0.1) is 11.0 Å². The summed E-state index contributed by atoms with van der Waals surface area (Å²) in [4.78, 5) is 27.2. The molecule has 118 valence electrons. The number of halogens is 1. The van der Waals surface area contributed by atoms with Gasteiger partial charge in [-0.05, 0) is 30.3 Å². The van der Waals surface area contributed by atoms with Gasteiger partial charge in [0.25, 0.3) is 11.5 Å². The lowest BCUT2D eigenvalue weighted by atomic mass is 10.2. The van der Waals surface area contributed by atoms with Gasteiger partial charge in [-0.25, -0.2) is 8.91 Å². The molecule has 0 radical (unpaired) electrons. The van der Waals surface area contributed by atoms with Crippen molar-refractivity contribution >= 4 is 28.1 Å². The van der Waals surface area contributed by atoms with E-state index in [0.717, 1.165) is 0 Å². The van der Waals surface area contributed by atoms with E-state index in [0.29, 0.717) is 11.2 Å². The molecule has 7 nitrogen and oxygen atoms in total. The van der Waals surface area contributed by atoms with Crippen molar-refractivity contribution in [2.45, 2.75) is 0 Å². The fourth-order valence-electron chi connectivity index (χ4n) is 2.49. The molecule has 2 aromatic heterocycles. The van der Waals surface area contributed by atoms with Gasteiger partial charge in [0.1, 0.15) is 5.82 Å². The second-order valence-corrected chi connectivity index (χ2v) is 5.13. The molecule has 0 atom stereocenters. The average Bonchev–Trinajstić information content (AvgIpc) is 3.01. The minimum Gasteiger partial charge on any atom is -0.321 e. The van der Waals surface area contributed by atoms with Crippen LogP contribution < -0.4 is 10.9 Å². The van der Waals surface area contributed by atoms with Crippen molar-refractivity contribution in [3.05, 3.63) is 70.4 Å². The predicted molar refractivity (Wildman–Crippen MR) is 85.5 cm³/mol. The summed E-state index contributed by atoms with van der Waals surface area (Å²) in [5.74, 6) is -1.04. The summed E-state index contributed by atoms with van der Waals surface area (Å²) in [5, 5.41) is 10.3. The molecule has 0 spiro atoms. The highest BCUT2D eigenvalue weighted by atomic mass is 19.1. The number of fused-ring (bicyclic) bond motifs is 3. The first-order chi connectivity index (χ1) is 11.6. The SMILES string of the molecule is O=C(Nc1ccccc1)c1nnn2c1c(=O)[nH]c1cc(F)ccc12. The van der Waals surface area contributed by atoms with E-state index in [2.05, 4.69) is 20.6 Å². The van der Waals surface area contributed by atoms with E-state index in [1.54, 1.807) is 24.3 Å². The topological polar surface area (TPSA) is 92.2 Å². The zero-order valence-electron chi connectivity index (χ0n) is 12.2. The number of nitrogens with one attached hydrogen (secondary N) is 2. The Balaban J connectivity index is 1.87. The third kappa shape index (κ3) is 2.21. The van der Waals surface area contributed by atoms with E-state index in [-0.39, 0.29) is 16.7 Å². The standard InChI is InChI=1S/C16H10FN5O2/c17-9-6-7-12-11(8-9)19-16(24)14-13(20-21-22(12)14)15(23)18-10-4-2-1-3-5-10/h1-8H,(H,18,23)(H,19,24). The fraction of sp³-hybridized carbons (Fsp3) is 0. The number of para-hydroxylation sites is 1. The average molecular weight is 323 g/mol. The van der Waals surface area contributed by atoms with Crippen molar-refractivity contribution in [3.63, 3.8) is 0 Å². The summed E-state index contributed by atoms with van der Waals surface area (Å²) in [6.45, 7) is 0. The van der Waals surface area contributed by atoms with Crippen molar-refractivity contribution in [3.8, 4) is 0 Å². The number of aromatic amines is 1. The van der Waals surface area contributed by atoms with Crippen LogP contribution in [0.25, 0.3) is 16.6 Å². The fourth-order valence-corrected chi connectivity index (χ4v) is 2.49. The number of hydrogen-bond acceptors (Lipinski definition) is 4. The van der Waals surface area contributed by atoms with Gasteiger partial charge in [0.15, 0.2) is 11.2 Å². The molecule has 1 amide bonds. The third-order valence-electron chi connectivity index (χ3n) is 3.57. The molecule has 4 rings (SSSR count). The third-order valence-corrected chi connectivity index (χ3v) is 3.57. The van der Waals surface area contributed by atoms with Gasteiger partial charge < -0.3 is 10.3 Å². The van der Waals surface area contributed by atoms with E-state index in [4.69, 9.17) is 0 Å². The van der Waals surface area contributed by atoms with E-state index in [9.17, 15) is 14.0 Å². The molecule has 2 aromatic carbocycles. The maximum Gasteiger partial charge on any atom is 0.278 e. The summed E-state index contributed by atoms with van der Waals surface area (Å²) in [6, 6.07) is 12.7. The van der Waals surface area contributed by atoms with E-state index in [1.165, 1.54) is 22.7 Å². The van der Waals surface area contributed by atoms with Gasteiger partial charge >= 0.3 is 0 Å². The molecule has 0 bridgehead atoms. The number of hydrogen-bond donors (Lipinski definition) is 2. The lowest BCUT2D eigenvalue weighted by Crippen LogP contribution is -2.18.